The summed E-state index contributed by atoms with van der Waals surface area (Å²) in [5, 5.41) is 3.88. The van der Waals surface area contributed by atoms with Crippen LogP contribution in [0.4, 0.5) is 0 Å². The van der Waals surface area contributed by atoms with E-state index in [0.717, 1.165) is 5.82 Å². The lowest BCUT2D eigenvalue weighted by Gasteiger charge is -2.23. The molecule has 1 rings (SSSR count). The van der Waals surface area contributed by atoms with Crippen LogP contribution in [0, 0.1) is 5.41 Å². The van der Waals surface area contributed by atoms with Crippen molar-refractivity contribution in [3.63, 3.8) is 0 Å². The maximum absolute atomic E-state index is 5.99. The Labute approximate surface area is 84.9 Å². The largest absolute Gasteiger partial charge is 0.338 e. The van der Waals surface area contributed by atoms with Crippen molar-refractivity contribution in [2.24, 2.45) is 11.1 Å². The first kappa shape index (κ1) is 11.2. The molecule has 0 aliphatic heterocycles. The number of rotatable bonds is 2. The van der Waals surface area contributed by atoms with Gasteiger partial charge in [-0.3, -0.25) is 0 Å². The monoisotopic (exact) mass is 197 g/mol. The molecule has 14 heavy (non-hydrogen) atoms. The summed E-state index contributed by atoms with van der Waals surface area (Å²) in [5.74, 6) is 1.53. The number of hydrogen-bond acceptors (Lipinski definition) is 4. The van der Waals surface area contributed by atoms with E-state index in [0.29, 0.717) is 5.89 Å². The summed E-state index contributed by atoms with van der Waals surface area (Å²) in [6.07, 6.45) is 0. The first-order valence-corrected chi connectivity index (χ1v) is 4.91. The minimum absolute atomic E-state index is 0.0548. The second kappa shape index (κ2) is 3.69. The lowest BCUT2D eigenvalue weighted by atomic mass is 9.87. The van der Waals surface area contributed by atoms with Crippen LogP contribution in [-0.2, 0) is 0 Å². The Morgan fingerprint density at radius 2 is 1.86 bits per heavy atom. The van der Waals surface area contributed by atoms with E-state index in [1.165, 1.54) is 0 Å². The van der Waals surface area contributed by atoms with E-state index in [2.05, 4.69) is 30.9 Å². The maximum atomic E-state index is 5.99. The van der Waals surface area contributed by atoms with Gasteiger partial charge in [0.25, 0.3) is 0 Å². The second-order valence-corrected chi connectivity index (χ2v) is 4.99. The van der Waals surface area contributed by atoms with Gasteiger partial charge < -0.3 is 10.3 Å². The van der Waals surface area contributed by atoms with Crippen LogP contribution in [-0.4, -0.2) is 10.1 Å². The zero-order chi connectivity index (χ0) is 10.9. The van der Waals surface area contributed by atoms with Gasteiger partial charge in [0.1, 0.15) is 0 Å². The van der Waals surface area contributed by atoms with Gasteiger partial charge in [0.15, 0.2) is 5.82 Å². The van der Waals surface area contributed by atoms with Gasteiger partial charge in [0, 0.05) is 5.92 Å². The molecule has 1 aromatic heterocycles. The van der Waals surface area contributed by atoms with Gasteiger partial charge in [-0.15, -0.1) is 0 Å². The normalized spacial score (nSPS) is 14.8. The molecule has 0 aliphatic rings. The lowest BCUT2D eigenvalue weighted by Crippen LogP contribution is -2.26. The topological polar surface area (TPSA) is 64.9 Å². The molecule has 0 unspecified atom stereocenters. The predicted molar refractivity (Wildman–Crippen MR) is 54.8 cm³/mol. The SMILES string of the molecule is CC(C)c1noc([C@@H](N)C(C)(C)C)n1. The Bertz CT molecular complexity index is 299. The van der Waals surface area contributed by atoms with Crippen molar-refractivity contribution in [2.75, 3.05) is 0 Å². The lowest BCUT2D eigenvalue weighted by molar-refractivity contribution is 0.252. The molecule has 4 nitrogen and oxygen atoms in total. The smallest absolute Gasteiger partial charge is 0.244 e. The minimum atomic E-state index is -0.206. The zero-order valence-corrected chi connectivity index (χ0v) is 9.53. The van der Waals surface area contributed by atoms with Gasteiger partial charge in [-0.05, 0) is 5.41 Å². The molecule has 2 N–H and O–H groups in total. The fraction of sp³-hybridized carbons (Fsp3) is 0.800. The van der Waals surface area contributed by atoms with Crippen LogP contribution in [0.25, 0.3) is 0 Å². The van der Waals surface area contributed by atoms with Crippen LogP contribution in [0.5, 0.6) is 0 Å². The number of nitrogens with two attached hydrogens (primary N) is 1. The molecule has 0 aliphatic carbocycles. The van der Waals surface area contributed by atoms with Crippen molar-refractivity contribution in [1.29, 1.82) is 0 Å². The zero-order valence-electron chi connectivity index (χ0n) is 9.53. The molecule has 0 saturated carbocycles. The molecule has 80 valence electrons. The fourth-order valence-electron chi connectivity index (χ4n) is 0.979. The van der Waals surface area contributed by atoms with Gasteiger partial charge >= 0.3 is 0 Å². The highest BCUT2D eigenvalue weighted by Crippen LogP contribution is 2.29. The van der Waals surface area contributed by atoms with Crippen LogP contribution in [0.1, 0.15) is 58.3 Å². The molecule has 0 saturated heterocycles. The van der Waals surface area contributed by atoms with Crippen molar-refractivity contribution < 1.29 is 4.52 Å². The Hall–Kier alpha value is -0.900. The number of hydrogen-bond donors (Lipinski definition) is 1. The summed E-state index contributed by atoms with van der Waals surface area (Å²) in [4.78, 5) is 4.27. The Morgan fingerprint density at radius 1 is 1.29 bits per heavy atom. The molecular formula is C10H19N3O. The van der Waals surface area contributed by atoms with Crippen molar-refractivity contribution in [1.82, 2.24) is 10.1 Å². The number of aromatic nitrogens is 2. The second-order valence-electron chi connectivity index (χ2n) is 4.99. The van der Waals surface area contributed by atoms with E-state index >= 15 is 0 Å². The molecular weight excluding hydrogens is 178 g/mol. The van der Waals surface area contributed by atoms with Crippen LogP contribution in [0.3, 0.4) is 0 Å². The Balaban J connectivity index is 2.87. The third kappa shape index (κ3) is 2.32. The van der Waals surface area contributed by atoms with Gasteiger partial charge in [-0.1, -0.05) is 39.8 Å². The van der Waals surface area contributed by atoms with E-state index in [4.69, 9.17) is 10.3 Å². The molecule has 0 amide bonds. The Morgan fingerprint density at radius 3 is 2.21 bits per heavy atom. The van der Waals surface area contributed by atoms with E-state index in [1.807, 2.05) is 13.8 Å². The highest BCUT2D eigenvalue weighted by molar-refractivity contribution is 4.98. The molecule has 1 heterocycles. The van der Waals surface area contributed by atoms with E-state index in [1.54, 1.807) is 0 Å². The van der Waals surface area contributed by atoms with Crippen molar-refractivity contribution in [3.05, 3.63) is 11.7 Å². The average Bonchev–Trinajstić information content (AvgIpc) is 2.48. The summed E-state index contributed by atoms with van der Waals surface area (Å²) < 4.78 is 5.13. The van der Waals surface area contributed by atoms with Gasteiger partial charge in [-0.25, -0.2) is 0 Å². The first-order valence-electron chi connectivity index (χ1n) is 4.91. The third-order valence-electron chi connectivity index (χ3n) is 2.17. The molecule has 0 radical (unpaired) electrons. The van der Waals surface area contributed by atoms with Crippen LogP contribution >= 0.6 is 0 Å². The van der Waals surface area contributed by atoms with Gasteiger partial charge in [0.2, 0.25) is 5.89 Å². The van der Waals surface area contributed by atoms with Gasteiger partial charge in [0.05, 0.1) is 6.04 Å². The molecule has 0 spiro atoms. The fourth-order valence-corrected chi connectivity index (χ4v) is 0.979. The molecule has 0 fully saturated rings. The average molecular weight is 197 g/mol. The standard InChI is InChI=1S/C10H19N3O/c1-6(2)8-12-9(14-13-8)7(11)10(3,4)5/h6-7H,11H2,1-5H3/t7-/m1/s1. The molecule has 4 heteroatoms. The summed E-state index contributed by atoms with van der Waals surface area (Å²) >= 11 is 0. The molecule has 0 aromatic carbocycles. The van der Waals surface area contributed by atoms with Crippen LogP contribution in [0.15, 0.2) is 4.52 Å². The predicted octanol–water partition coefficient (Wildman–Crippen LogP) is 2.24. The van der Waals surface area contributed by atoms with E-state index in [-0.39, 0.29) is 17.4 Å². The van der Waals surface area contributed by atoms with E-state index in [9.17, 15) is 0 Å². The summed E-state index contributed by atoms with van der Waals surface area (Å²) in [6, 6.07) is -0.206. The quantitative estimate of drug-likeness (QED) is 0.789. The highest BCUT2D eigenvalue weighted by Gasteiger charge is 2.27. The summed E-state index contributed by atoms with van der Waals surface area (Å²) in [6.45, 7) is 10.2. The molecule has 0 bridgehead atoms. The van der Waals surface area contributed by atoms with Crippen molar-refractivity contribution in [3.8, 4) is 0 Å². The van der Waals surface area contributed by atoms with Gasteiger partial charge in [-0.2, -0.15) is 4.98 Å². The molecule has 1 aromatic rings. The maximum Gasteiger partial charge on any atom is 0.244 e. The highest BCUT2D eigenvalue weighted by atomic mass is 16.5. The summed E-state index contributed by atoms with van der Waals surface area (Å²) in [7, 11) is 0. The van der Waals surface area contributed by atoms with Crippen LogP contribution in [0.2, 0.25) is 0 Å². The molecule has 1 atom stereocenters. The third-order valence-corrected chi connectivity index (χ3v) is 2.17. The van der Waals surface area contributed by atoms with Crippen LogP contribution < -0.4 is 5.73 Å². The Kier molecular flexibility index (Phi) is 2.95. The van der Waals surface area contributed by atoms with Crippen molar-refractivity contribution >= 4 is 0 Å². The van der Waals surface area contributed by atoms with Crippen molar-refractivity contribution in [2.45, 2.75) is 46.6 Å². The first-order chi connectivity index (χ1) is 6.32. The summed E-state index contributed by atoms with van der Waals surface area (Å²) in [5.41, 5.74) is 5.93. The minimum Gasteiger partial charge on any atom is -0.338 e. The van der Waals surface area contributed by atoms with E-state index < -0.39 is 0 Å². The number of nitrogens with zero attached hydrogens (tertiary/aromatic N) is 2.